The van der Waals surface area contributed by atoms with Crippen LogP contribution in [-0.4, -0.2) is 48.2 Å². The summed E-state index contributed by atoms with van der Waals surface area (Å²) in [5.41, 5.74) is 3.28. The van der Waals surface area contributed by atoms with Gasteiger partial charge >= 0.3 is 0 Å². The van der Waals surface area contributed by atoms with Crippen LogP contribution < -0.4 is 10.2 Å². The number of nitrogens with one attached hydrogen (secondary N) is 1. The highest BCUT2D eigenvalue weighted by Crippen LogP contribution is 2.20. The highest BCUT2D eigenvalue weighted by Gasteiger charge is 2.13. The molecule has 1 unspecified atom stereocenters. The van der Waals surface area contributed by atoms with E-state index in [1.165, 1.54) is 5.56 Å². The van der Waals surface area contributed by atoms with Crippen LogP contribution in [0.3, 0.4) is 0 Å². The second kappa shape index (κ2) is 8.07. The van der Waals surface area contributed by atoms with Gasteiger partial charge in [-0.3, -0.25) is 4.79 Å². The second-order valence-electron chi connectivity index (χ2n) is 6.37. The number of rotatable bonds is 5. The summed E-state index contributed by atoms with van der Waals surface area (Å²) in [7, 11) is 0. The van der Waals surface area contributed by atoms with Crippen molar-refractivity contribution in [3.05, 3.63) is 42.2 Å². The molecule has 1 fully saturated rings. The third-order valence-corrected chi connectivity index (χ3v) is 4.21. The first-order valence-corrected chi connectivity index (χ1v) is 8.63. The zero-order valence-corrected chi connectivity index (χ0v) is 14.7. The van der Waals surface area contributed by atoms with Gasteiger partial charge in [-0.15, -0.1) is 0 Å². The highest BCUT2D eigenvalue weighted by atomic mass is 16.5. The minimum absolute atomic E-state index is 0.00151. The maximum Gasteiger partial charge on any atom is 0.225 e. The molecule has 0 saturated carbocycles. The lowest BCUT2D eigenvalue weighted by atomic mass is 10.0. The summed E-state index contributed by atoms with van der Waals surface area (Å²) in [5.74, 6) is 0.759. The number of anilines is 1. The Balaban J connectivity index is 1.64. The van der Waals surface area contributed by atoms with E-state index in [0.717, 1.165) is 49.8 Å². The second-order valence-corrected chi connectivity index (χ2v) is 6.37. The van der Waals surface area contributed by atoms with Gasteiger partial charge in [0.1, 0.15) is 0 Å². The van der Waals surface area contributed by atoms with Gasteiger partial charge < -0.3 is 15.0 Å². The number of ether oxygens (including phenoxy) is 1. The van der Waals surface area contributed by atoms with Gasteiger partial charge in [0.15, 0.2) is 0 Å². The molecule has 1 amide bonds. The number of hydrogen-bond acceptors (Lipinski definition) is 5. The topological polar surface area (TPSA) is 67.4 Å². The van der Waals surface area contributed by atoms with E-state index < -0.39 is 0 Å². The third-order valence-electron chi connectivity index (χ3n) is 4.21. The van der Waals surface area contributed by atoms with E-state index in [1.807, 2.05) is 19.3 Å². The first kappa shape index (κ1) is 17.4. The lowest BCUT2D eigenvalue weighted by molar-refractivity contribution is -0.119. The van der Waals surface area contributed by atoms with E-state index in [4.69, 9.17) is 4.74 Å². The van der Waals surface area contributed by atoms with Gasteiger partial charge in [-0.25, -0.2) is 9.97 Å². The molecule has 0 spiro atoms. The van der Waals surface area contributed by atoms with Crippen LogP contribution in [0.25, 0.3) is 11.1 Å². The Morgan fingerprint density at radius 2 is 1.80 bits per heavy atom. The molecule has 1 atom stereocenters. The monoisotopic (exact) mass is 340 g/mol. The molecule has 1 aliphatic heterocycles. The van der Waals surface area contributed by atoms with Crippen LogP contribution in [0.4, 0.5) is 5.95 Å². The molecule has 132 valence electrons. The predicted molar refractivity (Wildman–Crippen MR) is 97.5 cm³/mol. The first-order valence-electron chi connectivity index (χ1n) is 8.63. The van der Waals surface area contributed by atoms with Gasteiger partial charge in [0.05, 0.1) is 13.2 Å². The smallest absolute Gasteiger partial charge is 0.225 e. The molecule has 25 heavy (non-hydrogen) atoms. The normalized spacial score (nSPS) is 15.7. The maximum absolute atomic E-state index is 11.1. The van der Waals surface area contributed by atoms with Crippen molar-refractivity contribution in [1.82, 2.24) is 15.3 Å². The molecule has 6 heteroatoms. The van der Waals surface area contributed by atoms with Gasteiger partial charge in [0, 0.05) is 44.0 Å². The van der Waals surface area contributed by atoms with Crippen LogP contribution in [0.2, 0.25) is 0 Å². The highest BCUT2D eigenvalue weighted by molar-refractivity contribution is 5.73. The van der Waals surface area contributed by atoms with E-state index in [1.54, 1.807) is 6.92 Å². The number of carbonyl (C=O) groups excluding carboxylic acids is 1. The Labute approximate surface area is 148 Å². The number of morpholine rings is 1. The molecule has 6 nitrogen and oxygen atoms in total. The van der Waals surface area contributed by atoms with Gasteiger partial charge in [-0.2, -0.15) is 0 Å². The molecular weight excluding hydrogens is 316 g/mol. The summed E-state index contributed by atoms with van der Waals surface area (Å²) in [6, 6.07) is 8.44. The van der Waals surface area contributed by atoms with Crippen molar-refractivity contribution in [2.75, 3.05) is 31.2 Å². The number of aromatic nitrogens is 2. The molecule has 0 aliphatic carbocycles. The van der Waals surface area contributed by atoms with Crippen LogP contribution >= 0.6 is 0 Å². The van der Waals surface area contributed by atoms with Crippen LogP contribution in [0.15, 0.2) is 36.7 Å². The van der Waals surface area contributed by atoms with Crippen molar-refractivity contribution < 1.29 is 9.53 Å². The average Bonchev–Trinajstić information content (AvgIpc) is 2.62. The lowest BCUT2D eigenvalue weighted by Gasteiger charge is -2.26. The summed E-state index contributed by atoms with van der Waals surface area (Å²) < 4.78 is 5.35. The standard InChI is InChI=1S/C19H24N4O2/c1-14(22-15(2)24)11-16-3-5-17(6-4-16)18-12-20-19(21-13-18)23-7-9-25-10-8-23/h3-6,12-14H,7-11H2,1-2H3,(H,22,24). The molecule has 3 rings (SSSR count). The largest absolute Gasteiger partial charge is 0.378 e. The van der Waals surface area contributed by atoms with Crippen molar-refractivity contribution in [3.8, 4) is 11.1 Å². The molecule has 0 radical (unpaired) electrons. The van der Waals surface area contributed by atoms with E-state index in [2.05, 4.69) is 44.5 Å². The molecule has 1 saturated heterocycles. The number of hydrogen-bond donors (Lipinski definition) is 1. The minimum Gasteiger partial charge on any atom is -0.378 e. The summed E-state index contributed by atoms with van der Waals surface area (Å²) in [4.78, 5) is 22.2. The predicted octanol–water partition coefficient (Wildman–Crippen LogP) is 2.05. The number of benzene rings is 1. The van der Waals surface area contributed by atoms with Crippen LogP contribution in [0.1, 0.15) is 19.4 Å². The first-order chi connectivity index (χ1) is 12.1. The average molecular weight is 340 g/mol. The Morgan fingerprint density at radius 1 is 1.16 bits per heavy atom. The van der Waals surface area contributed by atoms with Crippen LogP contribution in [0, 0.1) is 0 Å². The Kier molecular flexibility index (Phi) is 5.60. The molecule has 1 aliphatic rings. The van der Waals surface area contributed by atoms with Gasteiger partial charge in [-0.1, -0.05) is 24.3 Å². The minimum atomic E-state index is 0.00151. The zero-order valence-electron chi connectivity index (χ0n) is 14.7. The van der Waals surface area contributed by atoms with E-state index in [0.29, 0.717) is 0 Å². The van der Waals surface area contributed by atoms with Gasteiger partial charge in [0.2, 0.25) is 11.9 Å². The van der Waals surface area contributed by atoms with Crippen LogP contribution in [-0.2, 0) is 16.0 Å². The summed E-state index contributed by atoms with van der Waals surface area (Å²) in [6.45, 7) is 6.67. The fraction of sp³-hybridized carbons (Fsp3) is 0.421. The fourth-order valence-electron chi connectivity index (χ4n) is 2.98. The van der Waals surface area contributed by atoms with Crippen molar-refractivity contribution in [3.63, 3.8) is 0 Å². The molecule has 1 aromatic heterocycles. The SMILES string of the molecule is CC(=O)NC(C)Cc1ccc(-c2cnc(N3CCOCC3)nc2)cc1. The van der Waals surface area contributed by atoms with Crippen molar-refractivity contribution in [2.45, 2.75) is 26.3 Å². The lowest BCUT2D eigenvalue weighted by Crippen LogP contribution is -2.37. The number of carbonyl (C=O) groups is 1. The number of nitrogens with zero attached hydrogens (tertiary/aromatic N) is 3. The maximum atomic E-state index is 11.1. The van der Waals surface area contributed by atoms with Crippen molar-refractivity contribution in [2.24, 2.45) is 0 Å². The number of amides is 1. The van der Waals surface area contributed by atoms with E-state index in [9.17, 15) is 4.79 Å². The molecule has 1 aromatic carbocycles. The third kappa shape index (κ3) is 4.76. The Hall–Kier alpha value is -2.47. The molecular formula is C19H24N4O2. The Morgan fingerprint density at radius 3 is 2.40 bits per heavy atom. The van der Waals surface area contributed by atoms with Crippen LogP contribution in [0.5, 0.6) is 0 Å². The molecule has 0 bridgehead atoms. The van der Waals surface area contributed by atoms with E-state index in [-0.39, 0.29) is 11.9 Å². The van der Waals surface area contributed by atoms with Gasteiger partial charge in [0.25, 0.3) is 0 Å². The molecule has 1 N–H and O–H groups in total. The van der Waals surface area contributed by atoms with Gasteiger partial charge in [-0.05, 0) is 24.5 Å². The molecule has 2 aromatic rings. The molecule has 2 heterocycles. The summed E-state index contributed by atoms with van der Waals surface area (Å²) in [5, 5.41) is 2.90. The summed E-state index contributed by atoms with van der Waals surface area (Å²) >= 11 is 0. The Bertz CT molecular complexity index is 694. The fourth-order valence-corrected chi connectivity index (χ4v) is 2.98. The zero-order chi connectivity index (χ0) is 17.6. The van der Waals surface area contributed by atoms with Crippen molar-refractivity contribution >= 4 is 11.9 Å². The van der Waals surface area contributed by atoms with Crippen molar-refractivity contribution in [1.29, 1.82) is 0 Å². The summed E-state index contributed by atoms with van der Waals surface area (Å²) in [6.07, 6.45) is 4.55. The quantitative estimate of drug-likeness (QED) is 0.902. The van der Waals surface area contributed by atoms with E-state index >= 15 is 0 Å².